The molecule has 6 nitrogen and oxygen atoms in total. The van der Waals surface area contributed by atoms with E-state index in [9.17, 15) is 10.1 Å². The molecule has 0 fully saturated rings. The Morgan fingerprint density at radius 1 is 1.32 bits per heavy atom. The largest absolute Gasteiger partial charge is 0.381 e. The summed E-state index contributed by atoms with van der Waals surface area (Å²) in [6, 6.07) is 5.18. The van der Waals surface area contributed by atoms with Gasteiger partial charge in [-0.15, -0.1) is 0 Å². The molecule has 0 aliphatic carbocycles. The highest BCUT2D eigenvalue weighted by Crippen LogP contribution is 2.23. The molecule has 0 saturated heterocycles. The first-order valence-electron chi connectivity index (χ1n) is 5.95. The van der Waals surface area contributed by atoms with Crippen LogP contribution >= 0.6 is 0 Å². The molecule has 0 amide bonds. The number of aryl methyl sites for hydroxylation is 1. The number of nitrogens with one attached hydrogen (secondary N) is 1. The summed E-state index contributed by atoms with van der Waals surface area (Å²) in [4.78, 5) is 18.4. The van der Waals surface area contributed by atoms with E-state index in [2.05, 4.69) is 15.3 Å². The van der Waals surface area contributed by atoms with E-state index in [1.807, 2.05) is 13.0 Å². The van der Waals surface area contributed by atoms with Gasteiger partial charge >= 0.3 is 0 Å². The van der Waals surface area contributed by atoms with Gasteiger partial charge in [0.2, 0.25) is 0 Å². The Bertz CT molecular complexity index is 572. The minimum absolute atomic E-state index is 0.150. The molecule has 0 atom stereocenters. The van der Waals surface area contributed by atoms with Crippen LogP contribution in [-0.4, -0.2) is 14.9 Å². The van der Waals surface area contributed by atoms with Gasteiger partial charge in [-0.2, -0.15) is 0 Å². The number of nitro groups is 1. The number of aromatic nitrogens is 2. The third-order valence-electron chi connectivity index (χ3n) is 2.77. The Balaban J connectivity index is 2.13. The van der Waals surface area contributed by atoms with E-state index in [1.165, 1.54) is 6.33 Å². The molecule has 6 heteroatoms. The maximum atomic E-state index is 11.0. The maximum absolute atomic E-state index is 11.0. The van der Waals surface area contributed by atoms with E-state index in [0.717, 1.165) is 11.1 Å². The van der Waals surface area contributed by atoms with Gasteiger partial charge in [-0.1, -0.05) is 13.0 Å². The van der Waals surface area contributed by atoms with Crippen LogP contribution in [0.1, 0.15) is 18.1 Å². The first-order chi connectivity index (χ1) is 9.20. The predicted octanol–water partition coefficient (Wildman–Crippen LogP) is 2.56. The minimum Gasteiger partial charge on any atom is -0.381 e. The summed E-state index contributed by atoms with van der Waals surface area (Å²) in [5.41, 5.74) is 2.52. The molecular weight excluding hydrogens is 244 g/mol. The number of anilines is 1. The van der Waals surface area contributed by atoms with Gasteiger partial charge in [0.15, 0.2) is 0 Å². The molecular formula is C13H14N4O2. The molecule has 0 unspecified atom stereocenters. The third kappa shape index (κ3) is 3.25. The molecule has 2 aromatic rings. The lowest BCUT2D eigenvalue weighted by atomic mass is 10.1. The highest BCUT2D eigenvalue weighted by molar-refractivity contribution is 5.55. The number of hydrogen-bond acceptors (Lipinski definition) is 5. The van der Waals surface area contributed by atoms with E-state index >= 15 is 0 Å². The van der Waals surface area contributed by atoms with E-state index < -0.39 is 0 Å². The van der Waals surface area contributed by atoms with Gasteiger partial charge in [-0.05, 0) is 12.5 Å². The van der Waals surface area contributed by atoms with E-state index in [1.54, 1.807) is 24.5 Å². The van der Waals surface area contributed by atoms with Crippen molar-refractivity contribution in [1.82, 2.24) is 9.97 Å². The molecule has 2 rings (SSSR count). The molecule has 1 aromatic carbocycles. The lowest BCUT2D eigenvalue weighted by Gasteiger charge is -2.07. The van der Waals surface area contributed by atoms with Crippen LogP contribution in [0.4, 0.5) is 11.4 Å². The van der Waals surface area contributed by atoms with Gasteiger partial charge in [0.05, 0.1) is 4.92 Å². The van der Waals surface area contributed by atoms with Crippen molar-refractivity contribution >= 4 is 11.4 Å². The molecule has 0 saturated carbocycles. The lowest BCUT2D eigenvalue weighted by molar-refractivity contribution is -0.385. The summed E-state index contributed by atoms with van der Waals surface area (Å²) < 4.78 is 0. The van der Waals surface area contributed by atoms with Crippen molar-refractivity contribution in [2.45, 2.75) is 19.9 Å². The number of benzene rings is 1. The van der Waals surface area contributed by atoms with Crippen LogP contribution in [0, 0.1) is 10.1 Å². The topological polar surface area (TPSA) is 81.0 Å². The quantitative estimate of drug-likeness (QED) is 0.658. The van der Waals surface area contributed by atoms with Crippen molar-refractivity contribution in [3.63, 3.8) is 0 Å². The lowest BCUT2D eigenvalue weighted by Crippen LogP contribution is -2.02. The Morgan fingerprint density at radius 2 is 2.05 bits per heavy atom. The highest BCUT2D eigenvalue weighted by Gasteiger charge is 2.12. The molecule has 0 spiro atoms. The summed E-state index contributed by atoms with van der Waals surface area (Å²) in [5, 5.41) is 14.1. The van der Waals surface area contributed by atoms with Gasteiger partial charge in [0.25, 0.3) is 5.69 Å². The van der Waals surface area contributed by atoms with Crippen LogP contribution in [0.15, 0.2) is 36.9 Å². The third-order valence-corrected chi connectivity index (χ3v) is 2.77. The van der Waals surface area contributed by atoms with Crippen LogP contribution in [0.2, 0.25) is 0 Å². The number of nitro benzene ring substituents is 1. The fourth-order valence-electron chi connectivity index (χ4n) is 1.77. The summed E-state index contributed by atoms with van der Waals surface area (Å²) >= 11 is 0. The van der Waals surface area contributed by atoms with Gasteiger partial charge in [-0.3, -0.25) is 10.1 Å². The summed E-state index contributed by atoms with van der Waals surface area (Å²) in [7, 11) is 0. The van der Waals surface area contributed by atoms with E-state index in [4.69, 9.17) is 0 Å². The smallest absolute Gasteiger partial charge is 0.274 e. The number of nitrogens with zero attached hydrogens (tertiary/aromatic N) is 3. The Labute approximate surface area is 110 Å². The van der Waals surface area contributed by atoms with Crippen molar-refractivity contribution < 1.29 is 4.92 Å². The second-order valence-corrected chi connectivity index (χ2v) is 4.05. The first-order valence-corrected chi connectivity index (χ1v) is 5.95. The van der Waals surface area contributed by atoms with Crippen molar-refractivity contribution in [3.05, 3.63) is 58.2 Å². The first kappa shape index (κ1) is 12.9. The SMILES string of the molecule is CCc1ccc(NCc2cncnc2)cc1[N+](=O)[O-]. The molecule has 19 heavy (non-hydrogen) atoms. The van der Waals surface area contributed by atoms with Gasteiger partial charge in [0.1, 0.15) is 6.33 Å². The summed E-state index contributed by atoms with van der Waals surface area (Å²) in [5.74, 6) is 0. The van der Waals surface area contributed by atoms with E-state index in [-0.39, 0.29) is 10.6 Å². The summed E-state index contributed by atoms with van der Waals surface area (Å²) in [6.45, 7) is 2.43. The van der Waals surface area contributed by atoms with Gasteiger partial charge < -0.3 is 5.32 Å². The van der Waals surface area contributed by atoms with Crippen LogP contribution < -0.4 is 5.32 Å². The van der Waals surface area contributed by atoms with Gasteiger partial charge in [0, 0.05) is 41.8 Å². The van der Waals surface area contributed by atoms with Crippen molar-refractivity contribution in [3.8, 4) is 0 Å². The Morgan fingerprint density at radius 3 is 2.68 bits per heavy atom. The number of rotatable bonds is 5. The maximum Gasteiger partial charge on any atom is 0.274 e. The zero-order valence-corrected chi connectivity index (χ0v) is 10.5. The zero-order chi connectivity index (χ0) is 13.7. The normalized spacial score (nSPS) is 10.2. The molecule has 1 heterocycles. The Kier molecular flexibility index (Phi) is 4.02. The molecule has 1 aromatic heterocycles. The fraction of sp³-hybridized carbons (Fsp3) is 0.231. The van der Waals surface area contributed by atoms with Crippen molar-refractivity contribution in [1.29, 1.82) is 0 Å². The van der Waals surface area contributed by atoms with Crippen LogP contribution in [0.3, 0.4) is 0 Å². The zero-order valence-electron chi connectivity index (χ0n) is 10.5. The Hall–Kier alpha value is -2.50. The minimum atomic E-state index is -0.352. The predicted molar refractivity (Wildman–Crippen MR) is 71.8 cm³/mol. The van der Waals surface area contributed by atoms with Crippen LogP contribution in [-0.2, 0) is 13.0 Å². The molecule has 0 bridgehead atoms. The molecule has 98 valence electrons. The van der Waals surface area contributed by atoms with Crippen molar-refractivity contribution in [2.75, 3.05) is 5.32 Å². The number of hydrogen-bond donors (Lipinski definition) is 1. The van der Waals surface area contributed by atoms with Crippen molar-refractivity contribution in [2.24, 2.45) is 0 Å². The second kappa shape index (κ2) is 5.90. The second-order valence-electron chi connectivity index (χ2n) is 4.05. The average Bonchev–Trinajstić information content (AvgIpc) is 2.46. The van der Waals surface area contributed by atoms with E-state index in [0.29, 0.717) is 18.7 Å². The summed E-state index contributed by atoms with van der Waals surface area (Å²) in [6.07, 6.45) is 5.51. The molecule has 0 radical (unpaired) electrons. The highest BCUT2D eigenvalue weighted by atomic mass is 16.6. The van der Waals surface area contributed by atoms with Gasteiger partial charge in [-0.25, -0.2) is 9.97 Å². The molecule has 1 N–H and O–H groups in total. The average molecular weight is 258 g/mol. The standard InChI is InChI=1S/C13H14N4O2/c1-2-11-3-4-12(5-13(11)17(18)19)16-8-10-6-14-9-15-7-10/h3-7,9,16H,2,8H2,1H3. The molecule has 0 aliphatic rings. The van der Waals surface area contributed by atoms with Crippen LogP contribution in [0.25, 0.3) is 0 Å². The monoisotopic (exact) mass is 258 g/mol. The fourth-order valence-corrected chi connectivity index (χ4v) is 1.77. The molecule has 0 aliphatic heterocycles. The van der Waals surface area contributed by atoms with Crippen LogP contribution in [0.5, 0.6) is 0 Å².